The topological polar surface area (TPSA) is 148 Å². The number of thiazole rings is 1. The van der Waals surface area contributed by atoms with Crippen LogP contribution in [0.15, 0.2) is 66.7 Å². The van der Waals surface area contributed by atoms with Crippen LogP contribution in [-0.4, -0.2) is 69.6 Å². The van der Waals surface area contributed by atoms with Gasteiger partial charge in [0.1, 0.15) is 29.3 Å². The third-order valence-corrected chi connectivity index (χ3v) is 9.81. The van der Waals surface area contributed by atoms with Crippen LogP contribution >= 0.6 is 11.3 Å². The summed E-state index contributed by atoms with van der Waals surface area (Å²) in [6, 6.07) is 14.6. The lowest BCUT2D eigenvalue weighted by atomic mass is 10.0. The smallest absolute Gasteiger partial charge is 0.408 e. The minimum atomic E-state index is -1.25. The van der Waals surface area contributed by atoms with E-state index in [0.29, 0.717) is 30.2 Å². The molecule has 3 N–H and O–H groups in total. The molecular weight excluding hydrogens is 646 g/mol. The molecule has 3 aromatic rings. The average Bonchev–Trinajstić information content (AvgIpc) is 3.36. The van der Waals surface area contributed by atoms with Crippen LogP contribution in [0, 0.1) is 5.92 Å². The first-order valence-electron chi connectivity index (χ1n) is 16.8. The molecule has 4 amide bonds. The first-order chi connectivity index (χ1) is 23.5. The molecule has 0 bridgehead atoms. The zero-order chi connectivity index (χ0) is 34.6. The molecule has 13 heteroatoms. The number of fused-ring (bicyclic) bond motifs is 3. The summed E-state index contributed by atoms with van der Waals surface area (Å²) in [6.45, 7) is 5.36. The maximum atomic E-state index is 14.3. The number of allylic oxidation sites excluding steroid dienone is 1. The summed E-state index contributed by atoms with van der Waals surface area (Å²) in [5, 5.41) is 6.21. The van der Waals surface area contributed by atoms with E-state index in [1.54, 1.807) is 45.0 Å². The van der Waals surface area contributed by atoms with E-state index in [2.05, 4.69) is 21.1 Å². The number of amides is 4. The van der Waals surface area contributed by atoms with Crippen molar-refractivity contribution in [3.05, 3.63) is 66.7 Å². The predicted octanol–water partition coefficient (Wildman–Crippen LogP) is 5.04. The van der Waals surface area contributed by atoms with Crippen LogP contribution in [0.2, 0.25) is 0 Å². The Balaban J connectivity index is 1.26. The van der Waals surface area contributed by atoms with Crippen LogP contribution in [0.4, 0.5) is 4.79 Å². The highest BCUT2D eigenvalue weighted by atomic mass is 32.1. The number of carbonyl (C=O) groups is 4. The molecule has 0 radical (unpaired) electrons. The van der Waals surface area contributed by atoms with Crippen LogP contribution in [0.1, 0.15) is 65.7 Å². The number of aromatic nitrogens is 1. The summed E-state index contributed by atoms with van der Waals surface area (Å²) in [5.41, 5.74) is 1.31. The molecule has 1 aliphatic carbocycles. The molecule has 12 nitrogen and oxygen atoms in total. The molecule has 2 aliphatic heterocycles. The second kappa shape index (κ2) is 14.5. The van der Waals surface area contributed by atoms with Gasteiger partial charge in [0.05, 0.1) is 16.8 Å². The number of rotatable bonds is 6. The number of nitrogens with one attached hydrogen (secondary N) is 3. The standard InChI is InChI=1S/C36H43N5O7S/c1-35(2,3)47-33(45)37-27-18-11-6-4-5-8-14-23-21-36(23,32(44)40-48-24-15-9-7-10-16-24)39-30(42)28-20-25(22-41(28)31(27)43)46-34-38-26-17-12-13-19-29(26)49-34/h7-10,12-17,19,23,25,27-28H,4-6,11,18,20-22H2,1-3H3,(H,37,45)(H,39,42)(H,40,44)/t23-,25-,27+,28+,36-/m1/s1. The largest absolute Gasteiger partial charge is 0.465 e. The number of hydrogen-bond donors (Lipinski definition) is 3. The van der Waals surface area contributed by atoms with Gasteiger partial charge >= 0.3 is 6.09 Å². The van der Waals surface area contributed by atoms with E-state index in [4.69, 9.17) is 14.3 Å². The van der Waals surface area contributed by atoms with Crippen molar-refractivity contribution in [2.45, 2.75) is 95.0 Å². The van der Waals surface area contributed by atoms with Gasteiger partial charge in [-0.1, -0.05) is 66.7 Å². The molecule has 2 aromatic carbocycles. The van der Waals surface area contributed by atoms with Gasteiger partial charge in [0, 0.05) is 12.3 Å². The van der Waals surface area contributed by atoms with Gasteiger partial charge < -0.3 is 29.8 Å². The highest BCUT2D eigenvalue weighted by Gasteiger charge is 2.61. The van der Waals surface area contributed by atoms with E-state index >= 15 is 0 Å². The molecule has 5 atom stereocenters. The first kappa shape index (κ1) is 34.2. The second-order valence-electron chi connectivity index (χ2n) is 13.8. The Labute approximate surface area is 289 Å². The fourth-order valence-electron chi connectivity index (χ4n) is 6.34. The van der Waals surface area contributed by atoms with Gasteiger partial charge in [0.15, 0.2) is 5.75 Å². The molecule has 1 saturated heterocycles. The van der Waals surface area contributed by atoms with Gasteiger partial charge in [-0.25, -0.2) is 9.78 Å². The number of carbonyl (C=O) groups excluding carboxylic acids is 4. The number of para-hydroxylation sites is 2. The van der Waals surface area contributed by atoms with E-state index in [9.17, 15) is 19.2 Å². The molecule has 1 saturated carbocycles. The lowest BCUT2D eigenvalue weighted by molar-refractivity contribution is -0.142. The lowest BCUT2D eigenvalue weighted by Gasteiger charge is -2.30. The van der Waals surface area contributed by atoms with E-state index in [-0.39, 0.29) is 18.9 Å². The van der Waals surface area contributed by atoms with Gasteiger partial charge in [-0.2, -0.15) is 5.48 Å². The highest BCUT2D eigenvalue weighted by molar-refractivity contribution is 7.20. The van der Waals surface area contributed by atoms with Gasteiger partial charge in [0.25, 0.3) is 11.1 Å². The Hall–Kier alpha value is -4.65. The quantitative estimate of drug-likeness (QED) is 0.241. The maximum absolute atomic E-state index is 14.3. The third-order valence-electron chi connectivity index (χ3n) is 8.88. The van der Waals surface area contributed by atoms with Gasteiger partial charge in [0.2, 0.25) is 11.8 Å². The second-order valence-corrected chi connectivity index (χ2v) is 14.8. The van der Waals surface area contributed by atoms with E-state index in [0.717, 1.165) is 29.5 Å². The Kier molecular flexibility index (Phi) is 10.1. The lowest BCUT2D eigenvalue weighted by Crippen LogP contribution is -2.58. The Morgan fingerprint density at radius 1 is 1.04 bits per heavy atom. The van der Waals surface area contributed by atoms with Crippen molar-refractivity contribution in [3.63, 3.8) is 0 Å². The number of hydrogen-bond acceptors (Lipinski definition) is 9. The van der Waals surface area contributed by atoms with E-state index < -0.39 is 53.1 Å². The number of hydroxylamine groups is 1. The van der Waals surface area contributed by atoms with E-state index in [1.807, 2.05) is 42.5 Å². The Morgan fingerprint density at radius 3 is 2.59 bits per heavy atom. The third kappa shape index (κ3) is 8.33. The Bertz CT molecular complexity index is 1670. The zero-order valence-corrected chi connectivity index (χ0v) is 28.8. The van der Waals surface area contributed by atoms with Gasteiger partial charge in [-0.3, -0.25) is 14.4 Å². The van der Waals surface area contributed by atoms with Crippen molar-refractivity contribution in [3.8, 4) is 10.9 Å². The number of ether oxygens (including phenoxy) is 2. The predicted molar refractivity (Wildman–Crippen MR) is 184 cm³/mol. The molecule has 49 heavy (non-hydrogen) atoms. The van der Waals surface area contributed by atoms with Crippen molar-refractivity contribution >= 4 is 45.4 Å². The molecular formula is C36H43N5O7S. The SMILES string of the molecule is CC(C)(C)OC(=O)N[C@H]1CCCCCC=C[C@@H]2C[C@@]2(C(=O)NOc2ccccc2)NC(=O)[C@@H]2C[C@@H](Oc3nc4ccccc4s3)CN2C1=O. The molecule has 2 fully saturated rings. The van der Waals surface area contributed by atoms with Crippen molar-refractivity contribution in [1.29, 1.82) is 0 Å². The molecule has 260 valence electrons. The fourth-order valence-corrected chi connectivity index (χ4v) is 7.23. The molecule has 1 aromatic heterocycles. The van der Waals surface area contributed by atoms with E-state index in [1.165, 1.54) is 16.2 Å². The average molecular weight is 690 g/mol. The molecule has 0 spiro atoms. The maximum Gasteiger partial charge on any atom is 0.408 e. The Morgan fingerprint density at radius 2 is 1.82 bits per heavy atom. The fraction of sp³-hybridized carbons (Fsp3) is 0.472. The normalized spacial score (nSPS) is 26.0. The van der Waals surface area contributed by atoms with Crippen molar-refractivity contribution < 1.29 is 33.5 Å². The minimum Gasteiger partial charge on any atom is -0.465 e. The van der Waals surface area contributed by atoms with Crippen molar-refractivity contribution in [2.24, 2.45) is 5.92 Å². The summed E-state index contributed by atoms with van der Waals surface area (Å²) in [7, 11) is 0. The van der Waals surface area contributed by atoms with Crippen molar-refractivity contribution in [2.75, 3.05) is 6.54 Å². The van der Waals surface area contributed by atoms with Crippen LogP contribution in [0.5, 0.6) is 10.9 Å². The highest BCUT2D eigenvalue weighted by Crippen LogP contribution is 2.45. The summed E-state index contributed by atoms with van der Waals surface area (Å²) in [5.74, 6) is -1.17. The summed E-state index contributed by atoms with van der Waals surface area (Å²) < 4.78 is 12.7. The monoisotopic (exact) mass is 689 g/mol. The zero-order valence-electron chi connectivity index (χ0n) is 28.0. The van der Waals surface area contributed by atoms with Gasteiger partial charge in [-0.15, -0.1) is 0 Å². The minimum absolute atomic E-state index is 0.0962. The summed E-state index contributed by atoms with van der Waals surface area (Å²) in [4.78, 5) is 66.7. The van der Waals surface area contributed by atoms with Crippen LogP contribution in [-0.2, 0) is 19.1 Å². The summed E-state index contributed by atoms with van der Waals surface area (Å²) in [6.07, 6.45) is 6.84. The first-order valence-corrected chi connectivity index (χ1v) is 17.7. The molecule has 6 rings (SSSR count). The molecule has 0 unspecified atom stereocenters. The van der Waals surface area contributed by atoms with Crippen LogP contribution in [0.3, 0.4) is 0 Å². The molecule has 3 aliphatic rings. The molecule has 3 heterocycles. The number of nitrogens with zero attached hydrogens (tertiary/aromatic N) is 2. The van der Waals surface area contributed by atoms with Crippen LogP contribution < -0.4 is 25.7 Å². The van der Waals surface area contributed by atoms with Crippen LogP contribution in [0.25, 0.3) is 10.2 Å². The van der Waals surface area contributed by atoms with Gasteiger partial charge in [-0.05, 0) is 70.7 Å². The number of benzene rings is 2. The number of alkyl carbamates (subject to hydrolysis) is 1. The summed E-state index contributed by atoms with van der Waals surface area (Å²) >= 11 is 1.39. The van der Waals surface area contributed by atoms with Crippen molar-refractivity contribution in [1.82, 2.24) is 26.0 Å².